The summed E-state index contributed by atoms with van der Waals surface area (Å²) in [7, 11) is 0. The lowest BCUT2D eigenvalue weighted by Crippen LogP contribution is -2.23. The predicted molar refractivity (Wildman–Crippen MR) is 108 cm³/mol. The molecule has 0 radical (unpaired) electrons. The third-order valence-electron chi connectivity index (χ3n) is 4.00. The molecule has 0 aliphatic carbocycles. The molecule has 0 bridgehead atoms. The summed E-state index contributed by atoms with van der Waals surface area (Å²) in [5, 5.41) is 6.01. The zero-order valence-electron chi connectivity index (χ0n) is 15.5. The summed E-state index contributed by atoms with van der Waals surface area (Å²) in [6, 6.07) is 18.4. The maximum atomic E-state index is 12.4. The van der Waals surface area contributed by atoms with Crippen LogP contribution in [0.4, 0.5) is 11.4 Å². The van der Waals surface area contributed by atoms with Crippen LogP contribution < -0.4 is 10.6 Å². The molecular formula is C22H21N3O3. The lowest BCUT2D eigenvalue weighted by Gasteiger charge is -2.12. The summed E-state index contributed by atoms with van der Waals surface area (Å²) >= 11 is 0. The van der Waals surface area contributed by atoms with Gasteiger partial charge in [0.15, 0.2) is 0 Å². The van der Waals surface area contributed by atoms with Crippen molar-refractivity contribution in [1.82, 2.24) is 10.3 Å². The van der Waals surface area contributed by atoms with Gasteiger partial charge in [-0.05, 0) is 30.7 Å². The smallest absolute Gasteiger partial charge is 0.340 e. The first kappa shape index (κ1) is 19.1. The van der Waals surface area contributed by atoms with Crippen molar-refractivity contribution in [2.45, 2.75) is 13.5 Å². The fraction of sp³-hybridized carbons (Fsp3) is 0.136. The molecule has 0 saturated carbocycles. The average molecular weight is 375 g/mol. The number of pyridine rings is 1. The Morgan fingerprint density at radius 2 is 1.75 bits per heavy atom. The second-order valence-corrected chi connectivity index (χ2v) is 6.02. The number of hydrogen-bond donors (Lipinski definition) is 2. The van der Waals surface area contributed by atoms with Crippen LogP contribution in [0.25, 0.3) is 0 Å². The number of esters is 1. The molecule has 0 fully saturated rings. The Balaban J connectivity index is 1.72. The number of rotatable bonds is 7. The summed E-state index contributed by atoms with van der Waals surface area (Å²) in [6.07, 6.45) is 3.10. The molecule has 0 spiro atoms. The van der Waals surface area contributed by atoms with Crippen molar-refractivity contribution < 1.29 is 14.3 Å². The van der Waals surface area contributed by atoms with Crippen LogP contribution in [0.2, 0.25) is 0 Å². The highest BCUT2D eigenvalue weighted by Crippen LogP contribution is 2.22. The number of para-hydroxylation sites is 1. The van der Waals surface area contributed by atoms with Gasteiger partial charge in [-0.25, -0.2) is 4.79 Å². The number of aromatic nitrogens is 1. The van der Waals surface area contributed by atoms with E-state index in [9.17, 15) is 9.59 Å². The lowest BCUT2D eigenvalue weighted by atomic mass is 10.1. The van der Waals surface area contributed by atoms with E-state index in [1.807, 2.05) is 36.4 Å². The standard InChI is InChI=1S/C22H21N3O3/c1-2-28-22(27)19-10-6-7-11-20(19)25-18-12-17(14-23-15-18)21(26)24-13-16-8-4-3-5-9-16/h3-12,14-15,25H,2,13H2,1H3,(H,24,26). The molecule has 1 amide bonds. The van der Waals surface area contributed by atoms with E-state index in [4.69, 9.17) is 4.74 Å². The van der Waals surface area contributed by atoms with E-state index in [2.05, 4.69) is 15.6 Å². The second kappa shape index (κ2) is 9.32. The van der Waals surface area contributed by atoms with E-state index in [-0.39, 0.29) is 5.91 Å². The second-order valence-electron chi connectivity index (χ2n) is 6.02. The van der Waals surface area contributed by atoms with E-state index in [1.54, 1.807) is 37.4 Å². The SMILES string of the molecule is CCOC(=O)c1ccccc1Nc1cncc(C(=O)NCc2ccccc2)c1. The van der Waals surface area contributed by atoms with Crippen LogP contribution in [0.3, 0.4) is 0 Å². The van der Waals surface area contributed by atoms with Gasteiger partial charge in [-0.3, -0.25) is 9.78 Å². The summed E-state index contributed by atoms with van der Waals surface area (Å²) in [5.41, 5.74) is 3.05. The maximum absolute atomic E-state index is 12.4. The minimum absolute atomic E-state index is 0.223. The molecule has 6 nitrogen and oxygen atoms in total. The molecule has 3 rings (SSSR count). The number of hydrogen-bond acceptors (Lipinski definition) is 5. The quantitative estimate of drug-likeness (QED) is 0.612. The molecule has 3 aromatic rings. The number of anilines is 2. The van der Waals surface area contributed by atoms with Gasteiger partial charge in [-0.2, -0.15) is 0 Å². The highest BCUT2D eigenvalue weighted by atomic mass is 16.5. The molecule has 1 heterocycles. The van der Waals surface area contributed by atoms with Crippen molar-refractivity contribution in [1.29, 1.82) is 0 Å². The molecule has 2 N–H and O–H groups in total. The van der Waals surface area contributed by atoms with E-state index >= 15 is 0 Å². The summed E-state index contributed by atoms with van der Waals surface area (Å²) < 4.78 is 5.08. The van der Waals surface area contributed by atoms with Gasteiger partial charge in [0.2, 0.25) is 0 Å². The summed E-state index contributed by atoms with van der Waals surface area (Å²) in [5.74, 6) is -0.631. The molecular weight excluding hydrogens is 354 g/mol. The molecule has 0 saturated heterocycles. The fourth-order valence-electron chi connectivity index (χ4n) is 2.65. The number of carbonyl (C=O) groups is 2. The van der Waals surface area contributed by atoms with Crippen LogP contribution in [-0.2, 0) is 11.3 Å². The largest absolute Gasteiger partial charge is 0.462 e. The van der Waals surface area contributed by atoms with Gasteiger partial charge < -0.3 is 15.4 Å². The number of carbonyl (C=O) groups excluding carboxylic acids is 2. The lowest BCUT2D eigenvalue weighted by molar-refractivity contribution is 0.0527. The summed E-state index contributed by atoms with van der Waals surface area (Å²) in [6.45, 7) is 2.49. The number of ether oxygens (including phenoxy) is 1. The van der Waals surface area contributed by atoms with E-state index in [0.717, 1.165) is 5.56 Å². The molecule has 2 aromatic carbocycles. The third kappa shape index (κ3) is 4.94. The highest BCUT2D eigenvalue weighted by molar-refractivity contribution is 5.97. The number of nitrogens with one attached hydrogen (secondary N) is 2. The van der Waals surface area contributed by atoms with Crippen molar-refractivity contribution in [2.75, 3.05) is 11.9 Å². The van der Waals surface area contributed by atoms with Crippen molar-refractivity contribution in [2.24, 2.45) is 0 Å². The maximum Gasteiger partial charge on any atom is 0.340 e. The zero-order valence-corrected chi connectivity index (χ0v) is 15.5. The van der Waals surface area contributed by atoms with Crippen LogP contribution in [0, 0.1) is 0 Å². The Morgan fingerprint density at radius 1 is 1.00 bits per heavy atom. The van der Waals surface area contributed by atoms with Crippen LogP contribution in [0.5, 0.6) is 0 Å². The van der Waals surface area contributed by atoms with Crippen molar-refractivity contribution in [3.8, 4) is 0 Å². The van der Waals surface area contributed by atoms with Gasteiger partial charge in [-0.15, -0.1) is 0 Å². The average Bonchev–Trinajstić information content (AvgIpc) is 2.73. The Bertz CT molecular complexity index is 958. The predicted octanol–water partition coefficient (Wildman–Crippen LogP) is 3.93. The molecule has 28 heavy (non-hydrogen) atoms. The molecule has 142 valence electrons. The Labute approximate surface area is 163 Å². The van der Waals surface area contributed by atoms with Gasteiger partial charge in [0.1, 0.15) is 0 Å². The minimum atomic E-state index is -0.407. The third-order valence-corrected chi connectivity index (χ3v) is 4.00. The molecule has 0 atom stereocenters. The highest BCUT2D eigenvalue weighted by Gasteiger charge is 2.13. The van der Waals surface area contributed by atoms with Gasteiger partial charge in [0, 0.05) is 12.7 Å². The molecule has 1 aromatic heterocycles. The van der Waals surface area contributed by atoms with Gasteiger partial charge >= 0.3 is 5.97 Å². The Hall–Kier alpha value is -3.67. The molecule has 0 aliphatic rings. The van der Waals surface area contributed by atoms with Gasteiger partial charge in [-0.1, -0.05) is 42.5 Å². The monoisotopic (exact) mass is 375 g/mol. The van der Waals surface area contributed by atoms with E-state index in [1.165, 1.54) is 6.20 Å². The Kier molecular flexibility index (Phi) is 6.36. The van der Waals surface area contributed by atoms with E-state index in [0.29, 0.717) is 35.7 Å². The van der Waals surface area contributed by atoms with Crippen LogP contribution in [0.15, 0.2) is 73.1 Å². The molecule has 6 heteroatoms. The van der Waals surface area contributed by atoms with Crippen LogP contribution in [-0.4, -0.2) is 23.5 Å². The summed E-state index contributed by atoms with van der Waals surface area (Å²) in [4.78, 5) is 28.7. The number of nitrogens with zero attached hydrogens (tertiary/aromatic N) is 1. The number of amides is 1. The zero-order chi connectivity index (χ0) is 19.8. The van der Waals surface area contributed by atoms with Gasteiger partial charge in [0.25, 0.3) is 5.91 Å². The first-order valence-electron chi connectivity index (χ1n) is 8.97. The first-order valence-corrected chi connectivity index (χ1v) is 8.97. The van der Waals surface area contributed by atoms with Gasteiger partial charge in [0.05, 0.1) is 35.3 Å². The van der Waals surface area contributed by atoms with Crippen molar-refractivity contribution >= 4 is 23.3 Å². The first-order chi connectivity index (χ1) is 13.7. The number of benzene rings is 2. The molecule has 0 aliphatic heterocycles. The topological polar surface area (TPSA) is 80.3 Å². The van der Waals surface area contributed by atoms with Crippen molar-refractivity contribution in [3.05, 3.63) is 89.7 Å². The Morgan fingerprint density at radius 3 is 2.54 bits per heavy atom. The van der Waals surface area contributed by atoms with Crippen LogP contribution >= 0.6 is 0 Å². The fourth-order valence-corrected chi connectivity index (χ4v) is 2.65. The van der Waals surface area contributed by atoms with E-state index < -0.39 is 5.97 Å². The normalized spacial score (nSPS) is 10.2. The molecule has 0 unspecified atom stereocenters. The van der Waals surface area contributed by atoms with Crippen LogP contribution in [0.1, 0.15) is 33.2 Å². The minimum Gasteiger partial charge on any atom is -0.462 e. The van der Waals surface area contributed by atoms with Crippen molar-refractivity contribution in [3.63, 3.8) is 0 Å².